The van der Waals surface area contributed by atoms with Crippen LogP contribution in [0, 0.1) is 0 Å². The number of ether oxygens (including phenoxy) is 1. The predicted molar refractivity (Wildman–Crippen MR) is 180 cm³/mol. The summed E-state index contributed by atoms with van der Waals surface area (Å²) in [4.78, 5) is 28.6. The second-order valence-electron chi connectivity index (χ2n) is 11.5. The topological polar surface area (TPSA) is 79.7 Å². The molecule has 0 aromatic carbocycles. The maximum absolute atomic E-state index is 13.2. The van der Waals surface area contributed by atoms with E-state index in [2.05, 4.69) is 28.8 Å². The lowest BCUT2D eigenvalue weighted by Gasteiger charge is -2.35. The Hall–Kier alpha value is -2.85. The number of ketones is 1. The number of amides is 1. The van der Waals surface area contributed by atoms with Gasteiger partial charge < -0.3 is 10.1 Å². The third-order valence-corrected chi connectivity index (χ3v) is 9.49. The minimum atomic E-state index is -4.29. The third-order valence-electron chi connectivity index (χ3n) is 8.50. The van der Waals surface area contributed by atoms with Crippen molar-refractivity contribution in [2.45, 2.75) is 58.7 Å². The van der Waals surface area contributed by atoms with Crippen LogP contribution in [0.25, 0.3) is 0 Å². The smallest absolute Gasteiger partial charge is 0.381 e. The first-order valence-electron chi connectivity index (χ1n) is 16.0. The van der Waals surface area contributed by atoms with Crippen molar-refractivity contribution in [2.75, 3.05) is 65.7 Å². The number of nitrogens with one attached hydrogen (secondary N) is 1. The van der Waals surface area contributed by atoms with E-state index in [0.717, 1.165) is 49.3 Å². The molecule has 1 aromatic heterocycles. The van der Waals surface area contributed by atoms with Crippen LogP contribution in [0.4, 0.5) is 13.2 Å². The Bertz CT molecular complexity index is 1320. The molecule has 46 heavy (non-hydrogen) atoms. The van der Waals surface area contributed by atoms with Gasteiger partial charge in [-0.1, -0.05) is 52.2 Å². The fourth-order valence-corrected chi connectivity index (χ4v) is 6.72. The van der Waals surface area contributed by atoms with Gasteiger partial charge in [-0.15, -0.1) is 0 Å². The van der Waals surface area contributed by atoms with Gasteiger partial charge in [0, 0.05) is 58.6 Å². The van der Waals surface area contributed by atoms with E-state index >= 15 is 0 Å². The molecule has 254 valence electrons. The second kappa shape index (κ2) is 18.5. The van der Waals surface area contributed by atoms with E-state index in [1.807, 2.05) is 35.6 Å². The summed E-state index contributed by atoms with van der Waals surface area (Å²) in [5, 5.41) is 7.04. The van der Waals surface area contributed by atoms with Gasteiger partial charge in [-0.25, -0.2) is 0 Å². The molecule has 12 heteroatoms. The lowest BCUT2D eigenvalue weighted by molar-refractivity contribution is -0.117. The van der Waals surface area contributed by atoms with Gasteiger partial charge in [-0.05, 0) is 56.8 Å². The first-order valence-corrected chi connectivity index (χ1v) is 17.3. The Morgan fingerprint density at radius 3 is 2.43 bits per heavy atom. The largest absolute Gasteiger partial charge is 0.416 e. The van der Waals surface area contributed by atoms with Crippen LogP contribution in [0.5, 0.6) is 0 Å². The van der Waals surface area contributed by atoms with Crippen molar-refractivity contribution in [3.8, 4) is 0 Å². The van der Waals surface area contributed by atoms with Crippen LogP contribution < -0.4 is 5.32 Å². The summed E-state index contributed by atoms with van der Waals surface area (Å²) in [5.41, 5.74) is 3.30. The summed E-state index contributed by atoms with van der Waals surface area (Å²) in [6, 6.07) is 0.372. The number of rotatable bonds is 11. The summed E-state index contributed by atoms with van der Waals surface area (Å²) < 4.78 is 47.0. The van der Waals surface area contributed by atoms with Crippen LogP contribution in [0.1, 0.15) is 62.1 Å². The molecule has 0 aliphatic carbocycles. The maximum atomic E-state index is 13.2. The number of hydrogen-bond donors (Lipinski definition) is 1. The van der Waals surface area contributed by atoms with Crippen LogP contribution in [-0.2, 0) is 16.0 Å². The molecule has 0 bridgehead atoms. The quantitative estimate of drug-likeness (QED) is 0.138. The Balaban J connectivity index is 0.000000286. The van der Waals surface area contributed by atoms with Crippen molar-refractivity contribution in [1.82, 2.24) is 24.9 Å². The highest BCUT2D eigenvalue weighted by molar-refractivity contribution is 7.42. The molecule has 4 heterocycles. The number of piperazine rings is 1. The molecule has 4 rings (SSSR count). The van der Waals surface area contributed by atoms with Crippen molar-refractivity contribution in [3.63, 3.8) is 0 Å². The summed E-state index contributed by atoms with van der Waals surface area (Å²) in [6.07, 6.45) is 8.13. The van der Waals surface area contributed by atoms with Crippen LogP contribution in [0.3, 0.4) is 0 Å². The van der Waals surface area contributed by atoms with E-state index in [1.54, 1.807) is 25.1 Å². The number of halogens is 3. The fourth-order valence-electron chi connectivity index (χ4n) is 5.79. The molecule has 2 fully saturated rings. The molecular formula is C34H49F3N5O3P. The van der Waals surface area contributed by atoms with Gasteiger partial charge in [0.25, 0.3) is 5.91 Å². The van der Waals surface area contributed by atoms with E-state index < -0.39 is 11.7 Å². The van der Waals surface area contributed by atoms with Crippen molar-refractivity contribution < 1.29 is 27.5 Å². The molecule has 1 N–H and O–H groups in total. The molecule has 0 saturated carbocycles. The van der Waals surface area contributed by atoms with Gasteiger partial charge in [-0.3, -0.25) is 24.1 Å². The number of alkyl halides is 3. The zero-order valence-corrected chi connectivity index (χ0v) is 28.6. The molecule has 0 spiro atoms. The molecule has 1 atom stereocenters. The summed E-state index contributed by atoms with van der Waals surface area (Å²) in [7, 11) is 2.06. The average molecular weight is 664 g/mol. The summed E-state index contributed by atoms with van der Waals surface area (Å²) in [6.45, 7) is 14.5. The first-order chi connectivity index (χ1) is 22.0. The number of nitrogens with zero attached hydrogens (tertiary/aromatic N) is 4. The predicted octanol–water partition coefficient (Wildman–Crippen LogP) is 5.86. The van der Waals surface area contributed by atoms with E-state index in [-0.39, 0.29) is 11.7 Å². The van der Waals surface area contributed by atoms with Crippen molar-refractivity contribution >= 4 is 20.3 Å². The molecule has 1 aromatic rings. The normalized spacial score (nSPS) is 19.6. The summed E-state index contributed by atoms with van der Waals surface area (Å²) in [5.74, 6) is 1.78. The fraction of sp³-hybridized carbons (Fsp3) is 0.559. The van der Waals surface area contributed by atoms with E-state index in [1.165, 1.54) is 6.08 Å². The monoisotopic (exact) mass is 663 g/mol. The van der Waals surface area contributed by atoms with Crippen molar-refractivity contribution in [3.05, 3.63) is 76.4 Å². The Morgan fingerprint density at radius 2 is 1.85 bits per heavy atom. The standard InChI is InChI=1S/C22H30F3N2OP.C12H19N3O2/c1-4-6-7-19(17(3)5-2)21(28)15-27-11-9-26(10-12-27)14-18-16-29-13-8-20(18)22(23,24)25;1-3-11-10(12(16)13-2)8-14-15(11)9-4-6-17-7-5-9/h4-6,8,16,29H,2,7,9-15H2,1,3H3;8-9H,3-7H2,1-2H3,(H,13,16)/b6-4-,19-17+;. The van der Waals surface area contributed by atoms with Gasteiger partial charge in [0.1, 0.15) is 0 Å². The van der Waals surface area contributed by atoms with Gasteiger partial charge in [0.2, 0.25) is 0 Å². The summed E-state index contributed by atoms with van der Waals surface area (Å²) >= 11 is 0. The Kier molecular flexibility index (Phi) is 15.1. The zero-order valence-electron chi connectivity index (χ0n) is 27.6. The van der Waals surface area contributed by atoms with Crippen molar-refractivity contribution in [2.24, 2.45) is 0 Å². The minimum absolute atomic E-state index is 0.0554. The first kappa shape index (κ1) is 37.6. The van der Waals surface area contributed by atoms with Crippen LogP contribution in [0.2, 0.25) is 0 Å². The number of carbonyl (C=O) groups excluding carboxylic acids is 2. The van der Waals surface area contributed by atoms with Crippen LogP contribution >= 0.6 is 8.58 Å². The average Bonchev–Trinajstić information content (AvgIpc) is 3.50. The highest BCUT2D eigenvalue weighted by Crippen LogP contribution is 2.37. The highest BCUT2D eigenvalue weighted by Gasteiger charge is 2.37. The lowest BCUT2D eigenvalue weighted by atomic mass is 10.0. The van der Waals surface area contributed by atoms with Gasteiger partial charge >= 0.3 is 6.18 Å². The second-order valence-corrected chi connectivity index (χ2v) is 12.6. The molecule has 1 amide bonds. The van der Waals surface area contributed by atoms with Gasteiger partial charge in [-0.2, -0.15) is 18.3 Å². The molecule has 2 saturated heterocycles. The van der Waals surface area contributed by atoms with E-state index in [4.69, 9.17) is 4.74 Å². The molecule has 3 aliphatic heterocycles. The van der Waals surface area contributed by atoms with E-state index in [9.17, 15) is 22.8 Å². The van der Waals surface area contributed by atoms with Gasteiger partial charge in [0.05, 0.1) is 35.6 Å². The lowest BCUT2D eigenvalue weighted by Crippen LogP contribution is -2.48. The zero-order chi connectivity index (χ0) is 33.7. The number of allylic oxidation sites excluding steroid dienone is 5. The minimum Gasteiger partial charge on any atom is -0.381 e. The number of hydrogen-bond acceptors (Lipinski definition) is 6. The molecule has 8 nitrogen and oxygen atoms in total. The molecule has 1 unspecified atom stereocenters. The third kappa shape index (κ3) is 10.6. The van der Waals surface area contributed by atoms with Crippen LogP contribution in [0.15, 0.2) is 65.2 Å². The SMILES string of the molecule is C=C/C(C)=C(\C/C=C\C)C(=O)CN1CCN(CC2=CPCC=C2C(F)(F)F)CC1.CCc1c(C(=O)NC)cnn1C1CCOCC1. The number of aromatic nitrogens is 2. The highest BCUT2D eigenvalue weighted by atomic mass is 31.1. The molecule has 3 aliphatic rings. The number of carbonyl (C=O) groups is 2. The maximum Gasteiger partial charge on any atom is 0.416 e. The molecular weight excluding hydrogens is 614 g/mol. The Morgan fingerprint density at radius 1 is 1.17 bits per heavy atom. The van der Waals surface area contributed by atoms with Crippen LogP contribution in [-0.4, -0.2) is 103 Å². The van der Waals surface area contributed by atoms with Gasteiger partial charge in [0.15, 0.2) is 5.78 Å². The van der Waals surface area contributed by atoms with Crippen molar-refractivity contribution in [1.29, 1.82) is 0 Å². The molecule has 0 radical (unpaired) electrons. The Labute approximate surface area is 273 Å². The van der Waals surface area contributed by atoms with E-state index in [0.29, 0.717) is 77.6 Å². The number of Topliss-reactive ketones (excluding diaryl/α,β-unsaturated/α-hetero) is 1.